The van der Waals surface area contributed by atoms with Crippen LogP contribution in [0.25, 0.3) is 0 Å². The molecule has 4 bridgehead atoms. The molecule has 0 aliphatic heterocycles. The van der Waals surface area contributed by atoms with Gasteiger partial charge in [0.1, 0.15) is 0 Å². The van der Waals surface area contributed by atoms with Gasteiger partial charge in [0.05, 0.1) is 0 Å². The molecule has 2 atom stereocenters. The van der Waals surface area contributed by atoms with E-state index in [-0.39, 0.29) is 0 Å². The second-order valence-corrected chi connectivity index (χ2v) is 7.63. The molecule has 2 nitrogen and oxygen atoms in total. The molecule has 0 aromatic carbocycles. The fourth-order valence-electron chi connectivity index (χ4n) is 5.98. The molecule has 2 unspecified atom stereocenters. The molecule has 2 heteroatoms. The largest absolute Gasteiger partial charge is 0.329 e. The van der Waals surface area contributed by atoms with Crippen LogP contribution in [0.4, 0.5) is 0 Å². The van der Waals surface area contributed by atoms with Crippen LogP contribution in [0.1, 0.15) is 52.4 Å². The minimum atomic E-state index is 0.447. The van der Waals surface area contributed by atoms with E-state index < -0.39 is 0 Å². The third-order valence-corrected chi connectivity index (χ3v) is 5.27. The Hall–Kier alpha value is -0.0800. The predicted octanol–water partition coefficient (Wildman–Crippen LogP) is 2.28. The Kier molecular flexibility index (Phi) is 2.23. The van der Waals surface area contributed by atoms with Crippen molar-refractivity contribution >= 4 is 0 Å². The first-order valence-corrected chi connectivity index (χ1v) is 6.92. The van der Waals surface area contributed by atoms with Crippen LogP contribution in [0.15, 0.2) is 0 Å². The van der Waals surface area contributed by atoms with Crippen molar-refractivity contribution < 1.29 is 0 Å². The van der Waals surface area contributed by atoms with Gasteiger partial charge in [-0.3, -0.25) is 0 Å². The quantitative estimate of drug-likeness (QED) is 0.769. The zero-order chi connectivity index (χ0) is 11.4. The van der Waals surface area contributed by atoms with E-state index in [1.54, 1.807) is 0 Å². The number of nitrogens with one attached hydrogen (secondary N) is 1. The van der Waals surface area contributed by atoms with E-state index in [9.17, 15) is 0 Å². The van der Waals surface area contributed by atoms with E-state index in [4.69, 9.17) is 5.73 Å². The van der Waals surface area contributed by atoms with Gasteiger partial charge in [-0.05, 0) is 55.3 Å². The van der Waals surface area contributed by atoms with Gasteiger partial charge < -0.3 is 11.1 Å². The Bertz CT molecular complexity index is 281. The summed E-state index contributed by atoms with van der Waals surface area (Å²) in [6.07, 6.45) is 8.63. The van der Waals surface area contributed by atoms with E-state index in [2.05, 4.69) is 19.2 Å². The molecule has 4 rings (SSSR count). The zero-order valence-corrected chi connectivity index (χ0v) is 10.8. The summed E-state index contributed by atoms with van der Waals surface area (Å²) in [4.78, 5) is 0. The van der Waals surface area contributed by atoms with Crippen LogP contribution in [-0.2, 0) is 0 Å². The molecule has 0 saturated heterocycles. The highest BCUT2D eigenvalue weighted by molar-refractivity contribution is 5.14. The van der Waals surface area contributed by atoms with Gasteiger partial charge in [0, 0.05) is 18.6 Å². The molecule has 16 heavy (non-hydrogen) atoms. The second kappa shape index (κ2) is 3.23. The Morgan fingerprint density at radius 1 is 1.06 bits per heavy atom. The highest BCUT2D eigenvalue weighted by Gasteiger charge is 2.59. The van der Waals surface area contributed by atoms with Crippen molar-refractivity contribution in [3.8, 4) is 0 Å². The Morgan fingerprint density at radius 2 is 1.69 bits per heavy atom. The van der Waals surface area contributed by atoms with Crippen LogP contribution in [-0.4, -0.2) is 18.6 Å². The van der Waals surface area contributed by atoms with Gasteiger partial charge >= 0.3 is 0 Å². The molecule has 4 saturated carbocycles. The minimum absolute atomic E-state index is 0.447. The minimum Gasteiger partial charge on any atom is -0.329 e. The van der Waals surface area contributed by atoms with Crippen molar-refractivity contribution in [3.63, 3.8) is 0 Å². The molecular formula is C14H26N2. The maximum Gasteiger partial charge on any atom is 0.0195 e. The average Bonchev–Trinajstić information content (AvgIpc) is 2.08. The molecule has 0 radical (unpaired) electrons. The summed E-state index contributed by atoms with van der Waals surface area (Å²) in [5.74, 6) is 0.983. The number of rotatable bonds is 3. The number of hydrogen-bond donors (Lipinski definition) is 2. The van der Waals surface area contributed by atoms with Crippen molar-refractivity contribution in [2.24, 2.45) is 22.5 Å². The smallest absolute Gasteiger partial charge is 0.0195 e. The van der Waals surface area contributed by atoms with Crippen molar-refractivity contribution in [2.75, 3.05) is 13.1 Å². The maximum absolute atomic E-state index is 5.66. The highest BCUT2D eigenvalue weighted by atomic mass is 15.0. The number of nitrogens with two attached hydrogens (primary N) is 1. The van der Waals surface area contributed by atoms with Crippen LogP contribution in [0.3, 0.4) is 0 Å². The lowest BCUT2D eigenvalue weighted by Crippen LogP contribution is -2.64. The van der Waals surface area contributed by atoms with Gasteiger partial charge in [-0.25, -0.2) is 0 Å². The van der Waals surface area contributed by atoms with Gasteiger partial charge in [-0.2, -0.15) is 0 Å². The van der Waals surface area contributed by atoms with Crippen molar-refractivity contribution in [1.82, 2.24) is 5.32 Å². The monoisotopic (exact) mass is 222 g/mol. The van der Waals surface area contributed by atoms with E-state index in [0.717, 1.165) is 19.0 Å². The van der Waals surface area contributed by atoms with Crippen molar-refractivity contribution in [1.29, 1.82) is 0 Å². The average molecular weight is 222 g/mol. The van der Waals surface area contributed by atoms with Gasteiger partial charge in [-0.15, -0.1) is 0 Å². The molecule has 0 aromatic rings. The molecule has 0 amide bonds. The maximum atomic E-state index is 5.66. The van der Waals surface area contributed by atoms with E-state index in [1.165, 1.54) is 38.5 Å². The molecular weight excluding hydrogens is 196 g/mol. The zero-order valence-electron chi connectivity index (χ0n) is 10.8. The molecule has 3 N–H and O–H groups in total. The Balaban J connectivity index is 1.86. The van der Waals surface area contributed by atoms with Crippen LogP contribution in [0.2, 0.25) is 0 Å². The molecule has 0 spiro atoms. The lowest BCUT2D eigenvalue weighted by molar-refractivity contribution is -0.117. The topological polar surface area (TPSA) is 38.0 Å². The summed E-state index contributed by atoms with van der Waals surface area (Å²) in [7, 11) is 0. The first-order valence-electron chi connectivity index (χ1n) is 6.92. The van der Waals surface area contributed by atoms with Crippen LogP contribution in [0.5, 0.6) is 0 Å². The third kappa shape index (κ3) is 1.62. The predicted molar refractivity (Wildman–Crippen MR) is 67.2 cm³/mol. The van der Waals surface area contributed by atoms with Gasteiger partial charge in [0.25, 0.3) is 0 Å². The van der Waals surface area contributed by atoms with E-state index in [1.807, 2.05) is 0 Å². The third-order valence-electron chi connectivity index (χ3n) is 5.27. The summed E-state index contributed by atoms with van der Waals surface area (Å²) in [6.45, 7) is 6.82. The van der Waals surface area contributed by atoms with E-state index >= 15 is 0 Å². The summed E-state index contributed by atoms with van der Waals surface area (Å²) < 4.78 is 0. The molecule has 4 aliphatic carbocycles. The van der Waals surface area contributed by atoms with Crippen LogP contribution >= 0.6 is 0 Å². The first-order chi connectivity index (χ1) is 7.47. The SMILES string of the molecule is CC12CC3CC(C)(C1)CC(NCCN)(C3)C2. The lowest BCUT2D eigenvalue weighted by atomic mass is 9.43. The summed E-state index contributed by atoms with van der Waals surface area (Å²) in [6, 6.07) is 0. The van der Waals surface area contributed by atoms with Gasteiger partial charge in [0.2, 0.25) is 0 Å². The molecule has 0 heterocycles. The number of hydrogen-bond acceptors (Lipinski definition) is 2. The van der Waals surface area contributed by atoms with Gasteiger partial charge in [0.15, 0.2) is 0 Å². The van der Waals surface area contributed by atoms with Crippen LogP contribution < -0.4 is 11.1 Å². The molecule has 0 aromatic heterocycles. The molecule has 4 aliphatic rings. The van der Waals surface area contributed by atoms with Crippen molar-refractivity contribution in [2.45, 2.75) is 57.9 Å². The van der Waals surface area contributed by atoms with Crippen molar-refractivity contribution in [3.05, 3.63) is 0 Å². The van der Waals surface area contributed by atoms with E-state index in [0.29, 0.717) is 16.4 Å². The first kappa shape index (κ1) is 11.0. The summed E-state index contributed by atoms with van der Waals surface area (Å²) in [5.41, 5.74) is 7.35. The fraction of sp³-hybridized carbons (Fsp3) is 1.00. The lowest BCUT2D eigenvalue weighted by Gasteiger charge is -2.65. The fourth-order valence-corrected chi connectivity index (χ4v) is 5.98. The van der Waals surface area contributed by atoms with Gasteiger partial charge in [-0.1, -0.05) is 13.8 Å². The normalized spacial score (nSPS) is 54.6. The highest BCUT2D eigenvalue weighted by Crippen LogP contribution is 2.66. The van der Waals surface area contributed by atoms with Crippen LogP contribution in [0, 0.1) is 16.7 Å². The summed E-state index contributed by atoms with van der Waals surface area (Å²) in [5, 5.41) is 3.80. The Morgan fingerprint density at radius 3 is 2.19 bits per heavy atom. The second-order valence-electron chi connectivity index (χ2n) is 7.63. The molecule has 92 valence electrons. The standard InChI is InChI=1S/C14H26N2/c1-12-5-11-6-13(2,8-12)10-14(7-11,9-12)16-4-3-15/h11,16H,3-10,15H2,1-2H3. The Labute approximate surface area is 99.4 Å². The molecule has 4 fully saturated rings. The summed E-state index contributed by atoms with van der Waals surface area (Å²) >= 11 is 0.